The van der Waals surface area contributed by atoms with Gasteiger partial charge in [0, 0.05) is 45.0 Å². The maximum atomic E-state index is 14.7. The summed E-state index contributed by atoms with van der Waals surface area (Å²) in [6.07, 6.45) is 2.16. The van der Waals surface area contributed by atoms with Crippen molar-refractivity contribution in [3.8, 4) is 0 Å². The second-order valence-electron chi connectivity index (χ2n) is 23.8. The van der Waals surface area contributed by atoms with E-state index in [2.05, 4.69) is 72.8 Å². The lowest BCUT2D eigenvalue weighted by Gasteiger charge is -2.29. The molecule has 1 fully saturated rings. The number of aliphatic carboxylic acids is 1. The van der Waals surface area contributed by atoms with Gasteiger partial charge in [0.1, 0.15) is 66.5 Å². The number of nitrogens with zero attached hydrogens (tertiary/aromatic N) is 6. The topological polar surface area (TPSA) is 740 Å². The van der Waals surface area contributed by atoms with Crippen LogP contribution < -0.4 is 122 Å². The molecule has 1 aliphatic heterocycles. The Hall–Kier alpha value is -9.29. The van der Waals surface area contributed by atoms with Crippen LogP contribution in [0, 0.1) is 0 Å². The number of carboxylic acids is 1. The lowest BCUT2D eigenvalue weighted by Crippen LogP contribution is -2.60. The zero-order chi connectivity index (χ0) is 75.4. The highest BCUT2D eigenvalue weighted by atomic mass is 32.2. The van der Waals surface area contributed by atoms with Crippen LogP contribution in [0.5, 0.6) is 0 Å². The molecule has 0 aromatic rings. The van der Waals surface area contributed by atoms with Gasteiger partial charge in [-0.2, -0.15) is 11.8 Å². The highest BCUT2D eigenvalue weighted by molar-refractivity contribution is 7.98. The summed E-state index contributed by atoms with van der Waals surface area (Å²) in [7, 11) is 0. The molecule has 1 aliphatic rings. The van der Waals surface area contributed by atoms with E-state index in [1.165, 1.54) is 18.7 Å². The van der Waals surface area contributed by atoms with Gasteiger partial charge in [0.15, 0.2) is 29.8 Å². The molecule has 568 valence electrons. The molecule has 41 nitrogen and oxygen atoms in total. The van der Waals surface area contributed by atoms with Crippen molar-refractivity contribution < 1.29 is 63.0 Å². The number of rotatable bonds is 51. The second kappa shape index (κ2) is 49.3. The number of carbonyl (C=O) groups excluding carboxylic acids is 10. The summed E-state index contributed by atoms with van der Waals surface area (Å²) < 4.78 is 0. The summed E-state index contributed by atoms with van der Waals surface area (Å²) in [4.78, 5) is 175. The summed E-state index contributed by atoms with van der Waals surface area (Å²) in [6.45, 7) is 3.15. The van der Waals surface area contributed by atoms with Gasteiger partial charge >= 0.3 is 5.97 Å². The minimum atomic E-state index is -1.52. The molecule has 0 aliphatic carbocycles. The predicted molar refractivity (Wildman–Crippen MR) is 379 cm³/mol. The quantitative estimate of drug-likeness (QED) is 0.0153. The minimum Gasteiger partial charge on any atom is -0.480 e. The summed E-state index contributed by atoms with van der Waals surface area (Å²) in [5.41, 5.74) is 73.1. The van der Waals surface area contributed by atoms with Gasteiger partial charge in [0.2, 0.25) is 59.1 Å². The Kier molecular flexibility index (Phi) is 43.7. The molecule has 1 rings (SSSR count). The summed E-state index contributed by atoms with van der Waals surface area (Å²) in [5, 5.41) is 43.4. The van der Waals surface area contributed by atoms with Crippen molar-refractivity contribution in [1.29, 1.82) is 0 Å². The van der Waals surface area contributed by atoms with E-state index in [4.69, 9.17) is 74.5 Å². The highest BCUT2D eigenvalue weighted by Gasteiger charge is 2.40. The summed E-state index contributed by atoms with van der Waals surface area (Å²) >= 11 is 1.16. The van der Waals surface area contributed by atoms with Crippen molar-refractivity contribution in [3.05, 3.63) is 0 Å². The average Bonchev–Trinajstić information content (AvgIpc) is 1.66. The third-order valence-electron chi connectivity index (χ3n) is 15.4. The van der Waals surface area contributed by atoms with E-state index in [0.29, 0.717) is 25.7 Å². The third kappa shape index (κ3) is 36.5. The number of aliphatic hydroxyl groups is 1. The normalized spacial score (nSPS) is 15.8. The lowest BCUT2D eigenvalue weighted by molar-refractivity contribution is -0.142. The molecule has 12 atom stereocenters. The number of unbranched alkanes of at least 4 members (excludes halogenated alkanes) is 2. The van der Waals surface area contributed by atoms with Crippen molar-refractivity contribution in [2.24, 2.45) is 99.5 Å². The molecular weight excluding hydrogens is 1330 g/mol. The van der Waals surface area contributed by atoms with Gasteiger partial charge in [-0.25, -0.2) is 4.79 Å². The molecule has 100 heavy (non-hydrogen) atoms. The van der Waals surface area contributed by atoms with Gasteiger partial charge in [-0.1, -0.05) is 0 Å². The smallest absolute Gasteiger partial charge is 0.327 e. The molecule has 0 radical (unpaired) electrons. The zero-order valence-electron chi connectivity index (χ0n) is 57.5. The monoisotopic (exact) mass is 1440 g/mol. The fourth-order valence-electron chi connectivity index (χ4n) is 10.0. The van der Waals surface area contributed by atoms with Crippen LogP contribution in [-0.2, 0) is 52.7 Å². The number of carboxylic acid groups (broad SMARTS) is 1. The Morgan fingerprint density at radius 2 is 0.710 bits per heavy atom. The Labute approximate surface area is 586 Å². The number of nitrogens with one attached hydrogen (secondary N) is 9. The van der Waals surface area contributed by atoms with Gasteiger partial charge in [-0.15, -0.1) is 0 Å². The Morgan fingerprint density at radius 3 is 0.990 bits per heavy atom. The zero-order valence-corrected chi connectivity index (χ0v) is 58.3. The molecule has 42 heteroatoms. The maximum Gasteiger partial charge on any atom is 0.327 e. The van der Waals surface area contributed by atoms with E-state index in [9.17, 15) is 63.0 Å². The van der Waals surface area contributed by atoms with Crippen molar-refractivity contribution in [3.63, 3.8) is 0 Å². The average molecular weight is 1440 g/mol. The first-order chi connectivity index (χ1) is 47.3. The number of amides is 10. The fraction of sp³-hybridized carbons (Fsp3) is 0.724. The largest absolute Gasteiger partial charge is 0.480 e. The number of likely N-dealkylation sites (tertiary alicyclic amines) is 1. The molecule has 0 aromatic carbocycles. The van der Waals surface area contributed by atoms with Crippen LogP contribution >= 0.6 is 11.8 Å². The highest BCUT2D eigenvalue weighted by Crippen LogP contribution is 2.20. The SMILES string of the molecule is CSC[C@H](NC(=O)[C@H](CCCN=C(N)N)NC(=O)[C@H](CCCCN)NC(=O)[C@H](CCCCN)NC(=O)[C@H](CCCN=C(N)N)NC(=O)[C@H](CCCN=C(N)N)NC(=O)[C@H](CCCN=C(N)N)NC(=O)[C@H](C)NC(=O)[C@H](CCCN=C(N)N)NC(=O)[C@@H]1CCCN1C(=O)[C@@H](N)[C@@H](C)O)C(=O)O. The number of hydrogen-bond donors (Lipinski definition) is 24. The van der Waals surface area contributed by atoms with E-state index >= 15 is 0 Å². The number of guanidine groups is 5. The van der Waals surface area contributed by atoms with Crippen LogP contribution in [0.1, 0.15) is 129 Å². The van der Waals surface area contributed by atoms with Gasteiger partial charge in [0.25, 0.3) is 0 Å². The fourth-order valence-corrected chi connectivity index (χ4v) is 10.6. The molecular formula is C58H112N28O13S. The molecule has 1 saturated heterocycles. The Morgan fingerprint density at radius 1 is 0.430 bits per heavy atom. The van der Waals surface area contributed by atoms with Crippen LogP contribution in [0.3, 0.4) is 0 Å². The molecule has 0 spiro atoms. The van der Waals surface area contributed by atoms with Crippen molar-refractivity contribution in [2.45, 2.75) is 202 Å². The van der Waals surface area contributed by atoms with Crippen LogP contribution in [-0.4, -0.2) is 247 Å². The first-order valence-electron chi connectivity index (χ1n) is 33.1. The van der Waals surface area contributed by atoms with Gasteiger partial charge < -0.3 is 138 Å². The first-order valence-corrected chi connectivity index (χ1v) is 34.5. The van der Waals surface area contributed by atoms with E-state index in [0.717, 1.165) is 11.8 Å². The van der Waals surface area contributed by atoms with Gasteiger partial charge in [0.05, 0.1) is 6.10 Å². The van der Waals surface area contributed by atoms with E-state index < -0.39 is 138 Å². The van der Waals surface area contributed by atoms with E-state index in [1.54, 1.807) is 6.26 Å². The molecule has 0 saturated carbocycles. The number of nitrogens with two attached hydrogens (primary N) is 13. The number of aliphatic imine (C=N–C) groups is 5. The Bertz CT molecular complexity index is 2780. The van der Waals surface area contributed by atoms with E-state index in [1.807, 2.05) is 0 Å². The van der Waals surface area contributed by atoms with Crippen molar-refractivity contribution in [2.75, 3.05) is 64.4 Å². The number of carbonyl (C=O) groups is 11. The molecule has 37 N–H and O–H groups in total. The third-order valence-corrected chi connectivity index (χ3v) is 16.1. The van der Waals surface area contributed by atoms with Crippen LogP contribution in [0.15, 0.2) is 25.0 Å². The van der Waals surface area contributed by atoms with Gasteiger partial charge in [-0.05, 0) is 149 Å². The number of thioether (sulfide) groups is 1. The van der Waals surface area contributed by atoms with Crippen molar-refractivity contribution in [1.82, 2.24) is 52.8 Å². The lowest BCUT2D eigenvalue weighted by atomic mass is 10.0. The standard InChI is InChI=1S/C58H112N28O13S/c1-31(77-44(89)35(16-8-24-72-54(62)63)84-51(96)41-21-13-29-86(41)52(97)42(61)32(2)87)43(88)78-36(17-9-25-73-55(64)65)47(92)81-38(19-11-27-75-57(68)69)49(94)82-37(18-10-26-74-56(66)67)48(93)80-33(14-4-6-22-59)45(90)79-34(15-5-7-23-60)46(91)83-39(20-12-28-76-58(70)71)50(95)85-40(30-100-3)53(98)99/h31-42,87H,4-30,59-61H2,1-3H3,(H,77,89)(H,78,88)(H,79,90)(H,80,93)(H,81,92)(H,82,94)(H,83,91)(H,84,96)(H,85,95)(H,98,99)(H4,62,63,72)(H4,64,65,73)(H4,66,67,74)(H4,68,69,75)(H4,70,71,76)/t31-,32+,33-,34-,35-,36-,37-,38-,39-,40-,41-,42-/m0/s1. The number of aliphatic hydroxyl groups excluding tert-OH is 1. The summed E-state index contributed by atoms with van der Waals surface area (Å²) in [6, 6.07) is -15.0. The first kappa shape index (κ1) is 88.7. The van der Waals surface area contributed by atoms with Crippen LogP contribution in [0.25, 0.3) is 0 Å². The minimum absolute atomic E-state index is 0.00141. The maximum absolute atomic E-state index is 14.7. The second-order valence-corrected chi connectivity index (χ2v) is 24.7. The van der Waals surface area contributed by atoms with Crippen molar-refractivity contribution >= 4 is 107 Å². The predicted octanol–water partition coefficient (Wildman–Crippen LogP) is -9.96. The molecule has 0 aromatic heterocycles. The van der Waals surface area contributed by atoms with Crippen LogP contribution in [0.4, 0.5) is 0 Å². The van der Waals surface area contributed by atoms with Crippen LogP contribution in [0.2, 0.25) is 0 Å². The molecule has 0 unspecified atom stereocenters. The molecule has 1 heterocycles. The van der Waals surface area contributed by atoms with E-state index in [-0.39, 0.29) is 178 Å². The Balaban J connectivity index is 3.81. The number of hydrogen-bond acceptors (Lipinski definition) is 21. The molecule has 10 amide bonds. The molecule has 0 bridgehead atoms. The van der Waals surface area contributed by atoms with Gasteiger partial charge in [-0.3, -0.25) is 72.9 Å². The summed E-state index contributed by atoms with van der Waals surface area (Å²) in [5.74, 6) is -11.1.